The van der Waals surface area contributed by atoms with Gasteiger partial charge in [0.15, 0.2) is 0 Å². The quantitative estimate of drug-likeness (QED) is 0.0589. The Morgan fingerprint density at radius 2 is 0.879 bits per heavy atom. The molecule has 0 aliphatic rings. The Kier molecular flexibility index (Phi) is 24.9. The second kappa shape index (κ2) is 26.4. The van der Waals surface area contributed by atoms with Crippen LogP contribution in [-0.2, 0) is 19.1 Å². The summed E-state index contributed by atoms with van der Waals surface area (Å²) in [6.07, 6.45) is 31.7. The Morgan fingerprint density at radius 3 is 1.27 bits per heavy atom. The number of carbonyl (C=O) groups is 2. The number of esters is 2. The molecule has 0 heterocycles. The van der Waals surface area contributed by atoms with Gasteiger partial charge in [0.25, 0.3) is 0 Å². The first kappa shape index (κ1) is 31.2. The van der Waals surface area contributed by atoms with E-state index in [9.17, 15) is 9.59 Å². The summed E-state index contributed by atoms with van der Waals surface area (Å²) < 4.78 is 9.77. The predicted molar refractivity (Wildman–Crippen MR) is 139 cm³/mol. The third-order valence-electron chi connectivity index (χ3n) is 5.87. The first-order valence-corrected chi connectivity index (χ1v) is 13.5. The van der Waals surface area contributed by atoms with Gasteiger partial charge in [0.05, 0.1) is 12.9 Å². The average Bonchev–Trinajstić information content (AvgIpc) is 2.83. The minimum Gasteiger partial charge on any atom is -0.463 e. The van der Waals surface area contributed by atoms with E-state index in [0.717, 1.165) is 25.7 Å². The van der Waals surface area contributed by atoms with Crippen molar-refractivity contribution in [3.05, 3.63) is 37.6 Å². The van der Waals surface area contributed by atoms with E-state index in [1.54, 1.807) is 0 Å². The van der Waals surface area contributed by atoms with Gasteiger partial charge in [-0.2, -0.15) is 0 Å². The third kappa shape index (κ3) is 26.3. The first-order valence-electron chi connectivity index (χ1n) is 13.5. The van der Waals surface area contributed by atoms with E-state index < -0.39 is 5.97 Å². The molecule has 0 atom stereocenters. The van der Waals surface area contributed by atoms with Crippen molar-refractivity contribution < 1.29 is 19.1 Å². The maximum absolute atomic E-state index is 10.9. The first-order chi connectivity index (χ1) is 16.2. The second-order valence-corrected chi connectivity index (χ2v) is 8.89. The number of unbranched alkanes of at least 4 members (excludes halogenated alkanes) is 19. The fourth-order valence-electron chi connectivity index (χ4n) is 3.83. The monoisotopic (exact) mass is 462 g/mol. The van der Waals surface area contributed by atoms with Crippen molar-refractivity contribution in [2.24, 2.45) is 0 Å². The van der Waals surface area contributed by atoms with Crippen LogP contribution in [0.25, 0.3) is 0 Å². The summed E-state index contributed by atoms with van der Waals surface area (Å²) in [5.41, 5.74) is 0. The van der Waals surface area contributed by atoms with Crippen LogP contribution < -0.4 is 0 Å². The van der Waals surface area contributed by atoms with Crippen LogP contribution >= 0.6 is 0 Å². The predicted octanol–water partition coefficient (Wildman–Crippen LogP) is 8.76. The van der Waals surface area contributed by atoms with Crippen molar-refractivity contribution in [2.75, 3.05) is 6.61 Å². The molecule has 0 aromatic heterocycles. The largest absolute Gasteiger partial charge is 0.463 e. The minimum absolute atomic E-state index is 0.310. The van der Waals surface area contributed by atoms with Crippen molar-refractivity contribution in [2.45, 2.75) is 128 Å². The number of hydrogen-bond acceptors (Lipinski definition) is 4. The highest BCUT2D eigenvalue weighted by Crippen LogP contribution is 2.15. The van der Waals surface area contributed by atoms with Gasteiger partial charge in [0.2, 0.25) is 0 Å². The molecular formula is C29H50O4. The summed E-state index contributed by atoms with van der Waals surface area (Å²) in [6.45, 7) is 7.28. The summed E-state index contributed by atoms with van der Waals surface area (Å²) in [4.78, 5) is 21.8. The van der Waals surface area contributed by atoms with Gasteiger partial charge in [-0.15, -0.1) is 0 Å². The van der Waals surface area contributed by atoms with E-state index in [1.807, 2.05) is 6.08 Å². The van der Waals surface area contributed by atoms with Crippen LogP contribution in [0.15, 0.2) is 37.6 Å². The van der Waals surface area contributed by atoms with Crippen molar-refractivity contribution in [1.29, 1.82) is 0 Å². The standard InChI is InChI=1S/C29H50O4/c1-3-28(30)32-26-24-22-20-18-16-14-12-10-8-6-5-7-9-11-13-15-17-19-21-23-25-27-33-29(31)4-2/h3-4,24,26H,1-2,5-23,25,27H2. The number of carbonyl (C=O) groups excluding carboxylic acids is 2. The van der Waals surface area contributed by atoms with E-state index in [1.165, 1.54) is 121 Å². The molecule has 0 aliphatic carbocycles. The molecular weight excluding hydrogens is 412 g/mol. The Morgan fingerprint density at radius 1 is 0.515 bits per heavy atom. The van der Waals surface area contributed by atoms with Gasteiger partial charge < -0.3 is 9.47 Å². The number of allylic oxidation sites excluding steroid dienone is 1. The highest BCUT2D eigenvalue weighted by atomic mass is 16.5. The molecule has 0 N–H and O–H groups in total. The van der Waals surface area contributed by atoms with E-state index in [0.29, 0.717) is 6.61 Å². The van der Waals surface area contributed by atoms with Gasteiger partial charge >= 0.3 is 11.9 Å². The van der Waals surface area contributed by atoms with Crippen molar-refractivity contribution in [3.63, 3.8) is 0 Å². The average molecular weight is 463 g/mol. The molecule has 0 fully saturated rings. The van der Waals surface area contributed by atoms with Crippen LogP contribution in [0.3, 0.4) is 0 Å². The van der Waals surface area contributed by atoms with Crippen LogP contribution in [0.5, 0.6) is 0 Å². The normalized spacial score (nSPS) is 10.9. The lowest BCUT2D eigenvalue weighted by Gasteiger charge is -2.04. The highest BCUT2D eigenvalue weighted by Gasteiger charge is 1.97. The van der Waals surface area contributed by atoms with Gasteiger partial charge in [0.1, 0.15) is 0 Å². The van der Waals surface area contributed by atoms with Crippen LogP contribution in [0.2, 0.25) is 0 Å². The van der Waals surface area contributed by atoms with Crippen molar-refractivity contribution >= 4 is 11.9 Å². The van der Waals surface area contributed by atoms with Crippen LogP contribution in [0.1, 0.15) is 128 Å². The summed E-state index contributed by atoms with van der Waals surface area (Å²) >= 11 is 0. The van der Waals surface area contributed by atoms with Crippen LogP contribution in [0.4, 0.5) is 0 Å². The molecule has 0 saturated heterocycles. The SMILES string of the molecule is C=CC(=O)OC=CCCCCCCCCCCCCCCCCCCCCCOC(=O)C=C. The Hall–Kier alpha value is -1.84. The summed E-state index contributed by atoms with van der Waals surface area (Å²) in [7, 11) is 0. The zero-order valence-corrected chi connectivity index (χ0v) is 21.2. The van der Waals surface area contributed by atoms with Gasteiger partial charge in [-0.05, 0) is 25.3 Å². The molecule has 0 radical (unpaired) electrons. The molecule has 0 saturated carbocycles. The molecule has 190 valence electrons. The smallest absolute Gasteiger partial charge is 0.334 e. The lowest BCUT2D eigenvalue weighted by atomic mass is 10.0. The molecule has 0 bridgehead atoms. The molecule has 0 unspecified atom stereocenters. The minimum atomic E-state index is -0.396. The molecule has 0 aromatic rings. The molecule has 0 aliphatic heterocycles. The Bertz CT molecular complexity index is 510. The summed E-state index contributed by atoms with van der Waals surface area (Å²) in [5, 5.41) is 0. The van der Waals surface area contributed by atoms with Gasteiger partial charge in [-0.3, -0.25) is 0 Å². The lowest BCUT2D eigenvalue weighted by molar-refractivity contribution is -0.138. The van der Waals surface area contributed by atoms with Gasteiger partial charge in [-0.25, -0.2) is 9.59 Å². The molecule has 0 rings (SSSR count). The fraction of sp³-hybridized carbons (Fsp3) is 0.724. The van der Waals surface area contributed by atoms with Crippen LogP contribution in [0, 0.1) is 0 Å². The topological polar surface area (TPSA) is 52.6 Å². The zero-order chi connectivity index (χ0) is 24.2. The highest BCUT2D eigenvalue weighted by molar-refractivity contribution is 5.81. The van der Waals surface area contributed by atoms with Gasteiger partial charge in [0, 0.05) is 12.2 Å². The Labute approximate surface area is 203 Å². The van der Waals surface area contributed by atoms with Crippen molar-refractivity contribution in [3.8, 4) is 0 Å². The third-order valence-corrected chi connectivity index (χ3v) is 5.87. The maximum atomic E-state index is 10.9. The number of hydrogen-bond donors (Lipinski definition) is 0. The van der Waals surface area contributed by atoms with Crippen LogP contribution in [-0.4, -0.2) is 18.5 Å². The fourth-order valence-corrected chi connectivity index (χ4v) is 3.83. The second-order valence-electron chi connectivity index (χ2n) is 8.89. The molecule has 0 amide bonds. The molecule has 4 heteroatoms. The van der Waals surface area contributed by atoms with E-state index in [2.05, 4.69) is 13.2 Å². The molecule has 33 heavy (non-hydrogen) atoms. The van der Waals surface area contributed by atoms with Gasteiger partial charge in [-0.1, -0.05) is 122 Å². The molecule has 0 spiro atoms. The number of ether oxygens (including phenoxy) is 2. The van der Waals surface area contributed by atoms with E-state index >= 15 is 0 Å². The zero-order valence-electron chi connectivity index (χ0n) is 21.2. The number of rotatable bonds is 25. The van der Waals surface area contributed by atoms with E-state index in [4.69, 9.17) is 9.47 Å². The molecule has 0 aromatic carbocycles. The summed E-state index contributed by atoms with van der Waals surface area (Å²) in [6, 6.07) is 0. The maximum Gasteiger partial charge on any atom is 0.334 e. The molecule has 4 nitrogen and oxygen atoms in total. The lowest BCUT2D eigenvalue weighted by Crippen LogP contribution is -2.01. The Balaban J connectivity index is 3.10. The van der Waals surface area contributed by atoms with E-state index in [-0.39, 0.29) is 5.97 Å². The summed E-state index contributed by atoms with van der Waals surface area (Å²) in [5.74, 6) is -0.706. The van der Waals surface area contributed by atoms with Crippen molar-refractivity contribution in [1.82, 2.24) is 0 Å².